The van der Waals surface area contributed by atoms with Crippen LogP contribution in [0.3, 0.4) is 0 Å². The van der Waals surface area contributed by atoms with Gasteiger partial charge in [0.25, 0.3) is 0 Å². The normalized spacial score (nSPS) is 10.8. The Kier molecular flexibility index (Phi) is 16.1. The molecule has 2 heteroatoms. The Morgan fingerprint density at radius 1 is 0.556 bits per heavy atom. The summed E-state index contributed by atoms with van der Waals surface area (Å²) in [5.74, 6) is 0. The number of hydrogen-bond donors (Lipinski definition) is 0. The zero-order valence-corrected chi connectivity index (χ0v) is 15.3. The number of unbranched alkanes of at least 4 members (excludes halogenated alkanes) is 10. The number of hydrogen-bond acceptors (Lipinski definition) is 0. The van der Waals surface area contributed by atoms with E-state index in [9.17, 15) is 3.29 Å². The standard InChI is InChI=1S/2C8H17.FH.Ga/c2*1-3-5-7-8-6-4-2;;/h2*1,3-8H2,2H3;1H;/q;;;+1/p-1. The molecule has 0 N–H and O–H groups in total. The van der Waals surface area contributed by atoms with Crippen molar-refractivity contribution in [3.63, 3.8) is 0 Å². The summed E-state index contributed by atoms with van der Waals surface area (Å²) in [5, 5.41) is 0. The molecule has 0 saturated heterocycles. The Bertz CT molecular complexity index is 134. The van der Waals surface area contributed by atoms with Crippen LogP contribution in [0.25, 0.3) is 0 Å². The summed E-state index contributed by atoms with van der Waals surface area (Å²) < 4.78 is 13.7. The predicted molar refractivity (Wildman–Crippen MR) is 83.2 cm³/mol. The van der Waals surface area contributed by atoms with Gasteiger partial charge in [-0.05, 0) is 0 Å². The van der Waals surface area contributed by atoms with E-state index in [4.69, 9.17) is 0 Å². The van der Waals surface area contributed by atoms with Gasteiger partial charge in [-0.1, -0.05) is 0 Å². The van der Waals surface area contributed by atoms with E-state index in [0.29, 0.717) is 0 Å². The summed E-state index contributed by atoms with van der Waals surface area (Å²) in [6, 6.07) is 0. The van der Waals surface area contributed by atoms with Gasteiger partial charge in [0.05, 0.1) is 0 Å². The van der Waals surface area contributed by atoms with E-state index >= 15 is 0 Å². The van der Waals surface area contributed by atoms with Crippen molar-refractivity contribution in [3.8, 4) is 0 Å². The maximum atomic E-state index is 13.7. The zero-order valence-electron chi connectivity index (χ0n) is 12.9. The molecule has 0 fully saturated rings. The van der Waals surface area contributed by atoms with Crippen LogP contribution in [0.1, 0.15) is 90.9 Å². The third kappa shape index (κ3) is 14.6. The molecule has 0 nitrogen and oxygen atoms in total. The van der Waals surface area contributed by atoms with Crippen LogP contribution < -0.4 is 0 Å². The van der Waals surface area contributed by atoms with Crippen molar-refractivity contribution in [1.82, 2.24) is 0 Å². The van der Waals surface area contributed by atoms with E-state index in [1.54, 1.807) is 0 Å². The van der Waals surface area contributed by atoms with Crippen LogP contribution in [0.4, 0.5) is 3.29 Å². The Balaban J connectivity index is 3.10. The monoisotopic (exact) mass is 314 g/mol. The van der Waals surface area contributed by atoms with Gasteiger partial charge in [-0.2, -0.15) is 0 Å². The van der Waals surface area contributed by atoms with Crippen LogP contribution in [0.15, 0.2) is 0 Å². The van der Waals surface area contributed by atoms with Gasteiger partial charge in [-0.25, -0.2) is 0 Å². The fourth-order valence-electron chi connectivity index (χ4n) is 2.44. The van der Waals surface area contributed by atoms with Crippen molar-refractivity contribution < 1.29 is 3.29 Å². The quantitative estimate of drug-likeness (QED) is 0.248. The molecule has 0 atom stereocenters. The summed E-state index contributed by atoms with van der Waals surface area (Å²) in [4.78, 5) is 1.99. The number of halogens is 1. The van der Waals surface area contributed by atoms with Crippen molar-refractivity contribution in [2.75, 3.05) is 0 Å². The molecule has 18 heavy (non-hydrogen) atoms. The molecule has 0 heterocycles. The molecule has 0 rings (SSSR count). The first-order valence-corrected chi connectivity index (χ1v) is 12.8. The molecule has 0 aliphatic heterocycles. The van der Waals surface area contributed by atoms with Crippen LogP contribution >= 0.6 is 0 Å². The van der Waals surface area contributed by atoms with E-state index in [1.807, 2.05) is 0 Å². The fourth-order valence-corrected chi connectivity index (χ4v) is 6.11. The van der Waals surface area contributed by atoms with Gasteiger partial charge >= 0.3 is 121 Å². The molecule has 0 unspecified atom stereocenters. The van der Waals surface area contributed by atoms with Crippen molar-refractivity contribution in [2.24, 2.45) is 0 Å². The van der Waals surface area contributed by atoms with E-state index < -0.39 is 16.7 Å². The van der Waals surface area contributed by atoms with Crippen molar-refractivity contribution in [1.29, 1.82) is 0 Å². The van der Waals surface area contributed by atoms with Gasteiger partial charge in [0.15, 0.2) is 0 Å². The van der Waals surface area contributed by atoms with Gasteiger partial charge in [-0.15, -0.1) is 0 Å². The molecule has 0 aromatic carbocycles. The summed E-state index contributed by atoms with van der Waals surface area (Å²) in [6.45, 7) is 4.49. The SMILES string of the molecule is CCCCCCC[CH2][Ga]([F])[CH2]CCCCCCC. The first kappa shape index (κ1) is 18.6. The first-order valence-electron chi connectivity index (χ1n) is 8.45. The Morgan fingerprint density at radius 2 is 0.889 bits per heavy atom. The van der Waals surface area contributed by atoms with Crippen molar-refractivity contribution in [3.05, 3.63) is 0 Å². The molecule has 0 amide bonds. The molecule has 0 aliphatic rings. The minimum atomic E-state index is -2.27. The third-order valence-electron chi connectivity index (χ3n) is 3.74. The van der Waals surface area contributed by atoms with Gasteiger partial charge in [0, 0.05) is 0 Å². The van der Waals surface area contributed by atoms with Gasteiger partial charge < -0.3 is 0 Å². The molecule has 0 spiro atoms. The predicted octanol–water partition coefficient (Wildman–Crippen LogP) is 6.67. The van der Waals surface area contributed by atoms with Gasteiger partial charge in [-0.3, -0.25) is 0 Å². The molecule has 0 bridgehead atoms. The van der Waals surface area contributed by atoms with Crippen LogP contribution in [0.5, 0.6) is 0 Å². The van der Waals surface area contributed by atoms with E-state index in [0.717, 1.165) is 9.95 Å². The van der Waals surface area contributed by atoms with E-state index in [-0.39, 0.29) is 0 Å². The average molecular weight is 315 g/mol. The molecule has 108 valence electrons. The molecule has 0 aliphatic carbocycles. The van der Waals surface area contributed by atoms with Crippen LogP contribution in [0.2, 0.25) is 9.95 Å². The second-order valence-corrected chi connectivity index (χ2v) is 10.6. The van der Waals surface area contributed by atoms with Crippen LogP contribution in [0, 0.1) is 0 Å². The fraction of sp³-hybridized carbons (Fsp3) is 1.00. The Labute approximate surface area is 121 Å². The summed E-state index contributed by atoms with van der Waals surface area (Å²) >= 11 is -2.27. The topological polar surface area (TPSA) is 0 Å². The van der Waals surface area contributed by atoms with Crippen LogP contribution in [-0.4, -0.2) is 16.7 Å². The van der Waals surface area contributed by atoms with Gasteiger partial charge in [0.2, 0.25) is 0 Å². The van der Waals surface area contributed by atoms with E-state index in [1.165, 1.54) is 77.0 Å². The van der Waals surface area contributed by atoms with Crippen molar-refractivity contribution in [2.45, 2.75) is 101 Å². The molecular weight excluding hydrogens is 281 g/mol. The third-order valence-corrected chi connectivity index (χ3v) is 8.08. The van der Waals surface area contributed by atoms with E-state index in [2.05, 4.69) is 13.8 Å². The van der Waals surface area contributed by atoms with Crippen molar-refractivity contribution >= 4 is 16.7 Å². The van der Waals surface area contributed by atoms with Crippen LogP contribution in [-0.2, 0) is 0 Å². The summed E-state index contributed by atoms with van der Waals surface area (Å²) in [5.41, 5.74) is 0. The number of rotatable bonds is 14. The second-order valence-electron chi connectivity index (χ2n) is 5.71. The molecular formula is C16H34FGa. The molecule has 0 radical (unpaired) electrons. The minimum absolute atomic E-state index is 0.994. The molecule has 0 aromatic heterocycles. The second kappa shape index (κ2) is 15.6. The first-order chi connectivity index (χ1) is 8.81. The maximum absolute atomic E-state index is 13.7. The zero-order chi connectivity index (χ0) is 13.5. The van der Waals surface area contributed by atoms with Gasteiger partial charge in [0.1, 0.15) is 0 Å². The Morgan fingerprint density at radius 3 is 1.28 bits per heavy atom. The molecule has 0 aromatic rings. The summed E-state index contributed by atoms with van der Waals surface area (Å²) in [7, 11) is 0. The Hall–Kier alpha value is 0.566. The molecule has 0 saturated carbocycles. The average Bonchev–Trinajstić information content (AvgIpc) is 2.38. The summed E-state index contributed by atoms with van der Waals surface area (Å²) in [6.07, 6.45) is 15.6.